The van der Waals surface area contributed by atoms with E-state index in [-0.39, 0.29) is 18.9 Å². The lowest BCUT2D eigenvalue weighted by molar-refractivity contribution is -0.128. The van der Waals surface area contributed by atoms with Gasteiger partial charge in [0, 0.05) is 24.5 Å². The Morgan fingerprint density at radius 3 is 3.11 bits per heavy atom. The third-order valence-corrected chi connectivity index (χ3v) is 2.91. The number of β-amino-alcohol motifs (C(OH)–C–C–N with tert-alkyl or cyclic N) is 1. The molecule has 0 radical (unpaired) electrons. The lowest BCUT2D eigenvalue weighted by Gasteiger charge is -2.11. The van der Waals surface area contributed by atoms with Crippen molar-refractivity contribution in [1.82, 2.24) is 20.0 Å². The lowest BCUT2D eigenvalue weighted by atomic mass is 10.3. The molecule has 3 heterocycles. The number of nitrogens with zero attached hydrogens (tertiary/aromatic N) is 4. The predicted molar refractivity (Wildman–Crippen MR) is 63.6 cm³/mol. The molecular weight excluding hydrogens is 248 g/mol. The van der Waals surface area contributed by atoms with Gasteiger partial charge >= 0.3 is 0 Å². The van der Waals surface area contributed by atoms with Crippen LogP contribution in [0.3, 0.4) is 0 Å². The smallest absolute Gasteiger partial charge is 0.246 e. The molecule has 0 spiro atoms. The highest BCUT2D eigenvalue weighted by atomic mass is 16.5. The number of aliphatic hydroxyl groups excluding tert-OH is 1. The van der Waals surface area contributed by atoms with Crippen LogP contribution in [0.2, 0.25) is 0 Å². The van der Waals surface area contributed by atoms with Crippen LogP contribution in [0.5, 0.6) is 0 Å². The Labute approximate surface area is 108 Å². The first-order valence-corrected chi connectivity index (χ1v) is 5.91. The molecule has 1 aliphatic heterocycles. The minimum absolute atomic E-state index is 0.103. The molecule has 2 aromatic heterocycles. The predicted octanol–water partition coefficient (Wildman–Crippen LogP) is 0.225. The van der Waals surface area contributed by atoms with Crippen LogP contribution in [0.25, 0.3) is 11.4 Å². The SMILES string of the molecule is O=C1CC(O)CN1Cc1nc(-c2cccnc2)no1. The number of hydrogen-bond acceptors (Lipinski definition) is 6. The molecule has 1 saturated heterocycles. The van der Waals surface area contributed by atoms with Crippen LogP contribution in [-0.2, 0) is 11.3 Å². The molecule has 7 nitrogen and oxygen atoms in total. The summed E-state index contributed by atoms with van der Waals surface area (Å²) in [5.41, 5.74) is 0.755. The second-order valence-electron chi connectivity index (χ2n) is 4.39. The summed E-state index contributed by atoms with van der Waals surface area (Å²) >= 11 is 0. The molecule has 1 N–H and O–H groups in total. The van der Waals surface area contributed by atoms with E-state index in [4.69, 9.17) is 4.52 Å². The number of rotatable bonds is 3. The fraction of sp³-hybridized carbons (Fsp3) is 0.333. The fourth-order valence-electron chi connectivity index (χ4n) is 2.00. The van der Waals surface area contributed by atoms with E-state index in [0.29, 0.717) is 18.3 Å². The third kappa shape index (κ3) is 2.45. The van der Waals surface area contributed by atoms with Crippen molar-refractivity contribution in [3.8, 4) is 11.4 Å². The van der Waals surface area contributed by atoms with E-state index in [0.717, 1.165) is 5.56 Å². The minimum Gasteiger partial charge on any atom is -0.391 e. The van der Waals surface area contributed by atoms with Gasteiger partial charge in [-0.25, -0.2) is 0 Å². The van der Waals surface area contributed by atoms with Gasteiger partial charge in [-0.2, -0.15) is 4.98 Å². The summed E-state index contributed by atoms with van der Waals surface area (Å²) in [4.78, 5) is 21.2. The Morgan fingerprint density at radius 2 is 2.42 bits per heavy atom. The molecular formula is C12H12N4O3. The Hall–Kier alpha value is -2.28. The van der Waals surface area contributed by atoms with E-state index in [1.165, 1.54) is 4.90 Å². The molecule has 1 amide bonds. The fourth-order valence-corrected chi connectivity index (χ4v) is 2.00. The number of carbonyl (C=O) groups excluding carboxylic acids is 1. The van der Waals surface area contributed by atoms with Gasteiger partial charge in [0.1, 0.15) is 6.54 Å². The normalized spacial score (nSPS) is 19.1. The molecule has 98 valence electrons. The van der Waals surface area contributed by atoms with E-state index in [2.05, 4.69) is 15.1 Å². The zero-order valence-electron chi connectivity index (χ0n) is 10.1. The summed E-state index contributed by atoms with van der Waals surface area (Å²) < 4.78 is 5.10. The van der Waals surface area contributed by atoms with Gasteiger partial charge in [-0.15, -0.1) is 0 Å². The van der Waals surface area contributed by atoms with E-state index in [1.807, 2.05) is 6.07 Å². The van der Waals surface area contributed by atoms with Crippen molar-refractivity contribution < 1.29 is 14.4 Å². The van der Waals surface area contributed by atoms with Crippen LogP contribution >= 0.6 is 0 Å². The largest absolute Gasteiger partial charge is 0.391 e. The van der Waals surface area contributed by atoms with Gasteiger partial charge < -0.3 is 14.5 Å². The average molecular weight is 260 g/mol. The van der Waals surface area contributed by atoms with Crippen molar-refractivity contribution in [3.63, 3.8) is 0 Å². The summed E-state index contributed by atoms with van der Waals surface area (Å²) in [5, 5.41) is 13.2. The number of carbonyl (C=O) groups is 1. The van der Waals surface area contributed by atoms with Crippen molar-refractivity contribution in [2.24, 2.45) is 0 Å². The first kappa shape index (κ1) is 11.8. The zero-order chi connectivity index (χ0) is 13.2. The second-order valence-corrected chi connectivity index (χ2v) is 4.39. The summed E-state index contributed by atoms with van der Waals surface area (Å²) in [6, 6.07) is 3.61. The highest BCUT2D eigenvalue weighted by molar-refractivity contribution is 5.78. The molecule has 7 heteroatoms. The summed E-state index contributed by atoms with van der Waals surface area (Å²) in [5.74, 6) is 0.685. The molecule has 0 saturated carbocycles. The molecule has 1 unspecified atom stereocenters. The van der Waals surface area contributed by atoms with Crippen LogP contribution in [0.15, 0.2) is 29.0 Å². The van der Waals surface area contributed by atoms with Crippen LogP contribution < -0.4 is 0 Å². The second kappa shape index (κ2) is 4.77. The van der Waals surface area contributed by atoms with Crippen molar-refractivity contribution in [3.05, 3.63) is 30.4 Å². The van der Waals surface area contributed by atoms with Crippen LogP contribution in [0.1, 0.15) is 12.3 Å². The topological polar surface area (TPSA) is 92.3 Å². The van der Waals surface area contributed by atoms with Gasteiger partial charge in [0.2, 0.25) is 17.6 Å². The summed E-state index contributed by atoms with van der Waals surface area (Å²) in [6.07, 6.45) is 2.85. The monoisotopic (exact) mass is 260 g/mol. The quantitative estimate of drug-likeness (QED) is 0.849. The van der Waals surface area contributed by atoms with Gasteiger partial charge in [-0.1, -0.05) is 5.16 Å². The van der Waals surface area contributed by atoms with Gasteiger partial charge in [0.25, 0.3) is 0 Å². The summed E-state index contributed by atoms with van der Waals surface area (Å²) in [6.45, 7) is 0.534. The molecule has 0 bridgehead atoms. The van der Waals surface area contributed by atoms with Gasteiger partial charge in [0.15, 0.2) is 0 Å². The molecule has 3 rings (SSSR count). The minimum atomic E-state index is -0.604. The average Bonchev–Trinajstić information content (AvgIpc) is 2.99. The van der Waals surface area contributed by atoms with Crippen molar-refractivity contribution in [2.45, 2.75) is 19.1 Å². The van der Waals surface area contributed by atoms with Crippen molar-refractivity contribution in [2.75, 3.05) is 6.54 Å². The molecule has 1 atom stereocenters. The molecule has 19 heavy (non-hydrogen) atoms. The third-order valence-electron chi connectivity index (χ3n) is 2.91. The van der Waals surface area contributed by atoms with Crippen LogP contribution in [0, 0.1) is 0 Å². The van der Waals surface area contributed by atoms with E-state index in [1.54, 1.807) is 18.5 Å². The number of aliphatic hydroxyl groups is 1. The first-order valence-electron chi connectivity index (χ1n) is 5.91. The standard InChI is InChI=1S/C12H12N4O3/c17-9-4-11(18)16(6-9)7-10-14-12(15-19-10)8-2-1-3-13-5-8/h1-3,5,9,17H,4,6-7H2. The number of hydrogen-bond donors (Lipinski definition) is 1. The highest BCUT2D eigenvalue weighted by Crippen LogP contribution is 2.17. The van der Waals surface area contributed by atoms with Gasteiger partial charge in [-0.3, -0.25) is 9.78 Å². The van der Waals surface area contributed by atoms with E-state index in [9.17, 15) is 9.90 Å². The van der Waals surface area contributed by atoms with Crippen LogP contribution in [-0.4, -0.2) is 43.7 Å². The number of pyridine rings is 1. The van der Waals surface area contributed by atoms with Crippen molar-refractivity contribution in [1.29, 1.82) is 0 Å². The van der Waals surface area contributed by atoms with Crippen molar-refractivity contribution >= 4 is 5.91 Å². The zero-order valence-corrected chi connectivity index (χ0v) is 10.1. The highest BCUT2D eigenvalue weighted by Gasteiger charge is 2.29. The number of aromatic nitrogens is 3. The maximum atomic E-state index is 11.5. The summed E-state index contributed by atoms with van der Waals surface area (Å²) in [7, 11) is 0. The Balaban J connectivity index is 1.74. The molecule has 0 aliphatic carbocycles. The molecule has 0 aromatic carbocycles. The van der Waals surface area contributed by atoms with Gasteiger partial charge in [-0.05, 0) is 12.1 Å². The lowest BCUT2D eigenvalue weighted by Crippen LogP contribution is -2.25. The van der Waals surface area contributed by atoms with E-state index >= 15 is 0 Å². The Bertz CT molecular complexity index is 584. The molecule has 2 aromatic rings. The maximum absolute atomic E-state index is 11.5. The van der Waals surface area contributed by atoms with E-state index < -0.39 is 6.10 Å². The maximum Gasteiger partial charge on any atom is 0.246 e. The molecule has 1 fully saturated rings. The Kier molecular flexibility index (Phi) is 2.96. The molecule has 1 aliphatic rings. The van der Waals surface area contributed by atoms with Gasteiger partial charge in [0.05, 0.1) is 12.5 Å². The Morgan fingerprint density at radius 1 is 1.53 bits per heavy atom. The number of likely N-dealkylation sites (tertiary alicyclic amines) is 1. The first-order chi connectivity index (χ1) is 9.22. The van der Waals surface area contributed by atoms with Crippen LogP contribution in [0.4, 0.5) is 0 Å². The number of amides is 1.